The Labute approximate surface area is 209 Å². The second-order valence-electron chi connectivity index (χ2n) is 8.13. The molecule has 0 amide bonds. The lowest BCUT2D eigenvalue weighted by Gasteiger charge is -2.24. The summed E-state index contributed by atoms with van der Waals surface area (Å²) in [7, 11) is 1.95. The number of nitrogens with one attached hydrogen (secondary N) is 1. The molecule has 2 aliphatic rings. The van der Waals surface area contributed by atoms with Crippen molar-refractivity contribution in [2.45, 2.75) is 32.0 Å². The maximum absolute atomic E-state index is 12.8. The van der Waals surface area contributed by atoms with Crippen molar-refractivity contribution in [1.82, 2.24) is 15.4 Å². The first-order valence-electron chi connectivity index (χ1n) is 10.9. The van der Waals surface area contributed by atoms with Crippen LogP contribution < -0.4 is 15.1 Å². The number of Topliss-reactive ketones (excluding diaryl/α,β-unsaturated/α-hetero) is 1. The van der Waals surface area contributed by atoms with Crippen molar-refractivity contribution in [3.8, 4) is 11.8 Å². The predicted molar refractivity (Wildman–Crippen MR) is 134 cm³/mol. The molecule has 4 rings (SSSR count). The van der Waals surface area contributed by atoms with Crippen LogP contribution in [0.15, 0.2) is 58.7 Å². The number of hydrogen-bond acceptors (Lipinski definition) is 9. The van der Waals surface area contributed by atoms with Gasteiger partial charge in [0.1, 0.15) is 0 Å². The summed E-state index contributed by atoms with van der Waals surface area (Å²) in [6, 6.07) is 13.1. The average molecular weight is 497 g/mol. The van der Waals surface area contributed by atoms with Crippen LogP contribution in [0.1, 0.15) is 30.4 Å². The summed E-state index contributed by atoms with van der Waals surface area (Å²) in [5, 5.41) is 12.7. The fraction of sp³-hybridized carbons (Fsp3) is 0.333. The summed E-state index contributed by atoms with van der Waals surface area (Å²) in [6.45, 7) is 0.892. The summed E-state index contributed by atoms with van der Waals surface area (Å²) in [5.74, 6) is 1.53. The number of aromatic nitrogens is 1. The summed E-state index contributed by atoms with van der Waals surface area (Å²) >= 11 is 10.7. The van der Waals surface area contributed by atoms with Crippen LogP contribution in [0.3, 0.4) is 0 Å². The second-order valence-corrected chi connectivity index (χ2v) is 8.73. The number of ether oxygens (including phenoxy) is 1. The first kappa shape index (κ1) is 24.1. The quantitative estimate of drug-likeness (QED) is 0.444. The van der Waals surface area contributed by atoms with E-state index in [0.29, 0.717) is 31.6 Å². The molecule has 10 heteroatoms. The Kier molecular flexibility index (Phi) is 7.73. The van der Waals surface area contributed by atoms with Crippen LogP contribution >= 0.6 is 24.2 Å². The molecule has 0 spiro atoms. The van der Waals surface area contributed by atoms with Gasteiger partial charge in [0.2, 0.25) is 5.29 Å². The van der Waals surface area contributed by atoms with Gasteiger partial charge >= 0.3 is 0 Å². The SMILES string of the molecule is CN1/C(=C/S)[C@@H](CCCC(=O)C2N=C(Cl)N(Cc3cccc(C#N)c3)N2)COc2cccnc21. The fourth-order valence-corrected chi connectivity index (χ4v) is 4.67. The monoisotopic (exact) mass is 496 g/mol. The van der Waals surface area contributed by atoms with Crippen molar-refractivity contribution in [3.05, 3.63) is 64.8 Å². The van der Waals surface area contributed by atoms with Gasteiger partial charge in [-0.1, -0.05) is 12.1 Å². The highest BCUT2D eigenvalue weighted by Gasteiger charge is 2.30. The molecule has 2 aliphatic heterocycles. The zero-order valence-electron chi connectivity index (χ0n) is 18.7. The number of hydrogen-bond donors (Lipinski definition) is 2. The largest absolute Gasteiger partial charge is 0.489 e. The van der Waals surface area contributed by atoms with E-state index in [1.807, 2.05) is 36.2 Å². The summed E-state index contributed by atoms with van der Waals surface area (Å²) in [4.78, 5) is 23.5. The van der Waals surface area contributed by atoms with E-state index in [4.69, 9.17) is 21.6 Å². The van der Waals surface area contributed by atoms with Crippen molar-refractivity contribution < 1.29 is 9.53 Å². The topological polar surface area (TPSA) is 93.9 Å². The molecular weight excluding hydrogens is 472 g/mol. The molecule has 0 fully saturated rings. The standard InChI is InChI=1S/C24H25ClN6O2S/c1-30-19(15-34)18(14-33-21-9-4-10-27-23(21)30)7-3-8-20(32)22-28-24(25)31(29-22)13-17-6-2-5-16(11-17)12-26/h2,4-6,9-11,15,18,22,29,34H,3,7-8,13-14H2,1H3/b19-15+/t18-,22?/m0/s1. The van der Waals surface area contributed by atoms with Crippen LogP contribution in [0.4, 0.5) is 5.82 Å². The lowest BCUT2D eigenvalue weighted by atomic mass is 9.98. The van der Waals surface area contributed by atoms with Gasteiger partial charge in [-0.2, -0.15) is 5.26 Å². The smallest absolute Gasteiger partial charge is 0.210 e. The maximum atomic E-state index is 12.8. The Balaban J connectivity index is 1.31. The Morgan fingerprint density at radius 2 is 2.26 bits per heavy atom. The lowest BCUT2D eigenvalue weighted by molar-refractivity contribution is -0.121. The lowest BCUT2D eigenvalue weighted by Crippen LogP contribution is -2.41. The van der Waals surface area contributed by atoms with Gasteiger partial charge in [0, 0.05) is 31.3 Å². The van der Waals surface area contributed by atoms with Crippen LogP contribution in [0, 0.1) is 17.2 Å². The van der Waals surface area contributed by atoms with Crippen molar-refractivity contribution >= 4 is 41.1 Å². The van der Waals surface area contributed by atoms with Crippen molar-refractivity contribution in [2.24, 2.45) is 10.9 Å². The number of hydrazine groups is 1. The van der Waals surface area contributed by atoms with E-state index in [1.54, 1.807) is 28.7 Å². The number of aliphatic imine (C=N–C) groups is 1. The third-order valence-electron chi connectivity index (χ3n) is 5.86. The highest BCUT2D eigenvalue weighted by molar-refractivity contribution is 7.83. The number of rotatable bonds is 7. The molecular formula is C24H25ClN6O2S. The maximum Gasteiger partial charge on any atom is 0.210 e. The minimum absolute atomic E-state index is 0.0318. The minimum Gasteiger partial charge on any atom is -0.489 e. The van der Waals surface area contributed by atoms with E-state index >= 15 is 0 Å². The van der Waals surface area contributed by atoms with Crippen LogP contribution in [0.5, 0.6) is 5.75 Å². The number of nitrogens with zero attached hydrogens (tertiary/aromatic N) is 5. The summed E-state index contributed by atoms with van der Waals surface area (Å²) in [6.07, 6.45) is 2.80. The van der Waals surface area contributed by atoms with Crippen LogP contribution in [-0.4, -0.2) is 40.9 Å². The molecule has 0 saturated carbocycles. The van der Waals surface area contributed by atoms with E-state index in [9.17, 15) is 4.79 Å². The van der Waals surface area contributed by atoms with Gasteiger partial charge in [0.15, 0.2) is 23.5 Å². The highest BCUT2D eigenvalue weighted by Crippen LogP contribution is 2.35. The number of nitriles is 1. The van der Waals surface area contributed by atoms with E-state index in [-0.39, 0.29) is 17.0 Å². The first-order chi connectivity index (χ1) is 16.5. The van der Waals surface area contributed by atoms with Crippen LogP contribution in [0.2, 0.25) is 0 Å². The van der Waals surface area contributed by atoms with Crippen molar-refractivity contribution in [1.29, 1.82) is 5.26 Å². The molecule has 0 radical (unpaired) electrons. The van der Waals surface area contributed by atoms with Gasteiger partial charge in [-0.25, -0.2) is 15.4 Å². The number of ketones is 1. The number of anilines is 1. The Morgan fingerprint density at radius 1 is 1.41 bits per heavy atom. The highest BCUT2D eigenvalue weighted by atomic mass is 35.5. The van der Waals surface area contributed by atoms with Gasteiger partial charge in [-0.05, 0) is 59.7 Å². The molecule has 176 valence electrons. The number of benzene rings is 1. The number of carbonyl (C=O) groups excluding carboxylic acids is 1. The van der Waals surface area contributed by atoms with E-state index in [1.165, 1.54) is 0 Å². The zero-order chi connectivity index (χ0) is 24.1. The molecule has 2 atom stereocenters. The average Bonchev–Trinajstić information content (AvgIpc) is 3.15. The van der Waals surface area contributed by atoms with Gasteiger partial charge < -0.3 is 9.64 Å². The molecule has 2 aromatic rings. The molecule has 34 heavy (non-hydrogen) atoms. The normalized spacial score (nSPS) is 20.9. The second kappa shape index (κ2) is 10.9. The fourth-order valence-electron chi connectivity index (χ4n) is 4.08. The van der Waals surface area contributed by atoms with Gasteiger partial charge in [-0.3, -0.25) is 9.80 Å². The number of pyridine rings is 1. The molecule has 1 unspecified atom stereocenters. The molecule has 1 N–H and O–H groups in total. The summed E-state index contributed by atoms with van der Waals surface area (Å²) < 4.78 is 5.98. The van der Waals surface area contributed by atoms with Gasteiger partial charge in [0.05, 0.1) is 24.8 Å². The minimum atomic E-state index is -0.715. The molecule has 0 bridgehead atoms. The molecule has 8 nitrogen and oxygen atoms in total. The number of halogens is 1. The molecule has 1 aromatic carbocycles. The number of thiol groups is 1. The number of fused-ring (bicyclic) bond motifs is 1. The van der Waals surface area contributed by atoms with Crippen LogP contribution in [0.25, 0.3) is 0 Å². The van der Waals surface area contributed by atoms with Gasteiger partial charge in [0.25, 0.3) is 0 Å². The van der Waals surface area contributed by atoms with Crippen molar-refractivity contribution in [3.63, 3.8) is 0 Å². The Hall–Kier alpha value is -3.06. The van der Waals surface area contributed by atoms with E-state index in [2.05, 4.69) is 34.1 Å². The third kappa shape index (κ3) is 5.36. The molecule has 0 aliphatic carbocycles. The molecule has 3 heterocycles. The number of amidine groups is 1. The van der Waals surface area contributed by atoms with Crippen LogP contribution in [-0.2, 0) is 11.3 Å². The number of carbonyl (C=O) groups is 1. The predicted octanol–water partition coefficient (Wildman–Crippen LogP) is 3.85. The van der Waals surface area contributed by atoms with E-state index in [0.717, 1.165) is 29.2 Å². The van der Waals surface area contributed by atoms with E-state index < -0.39 is 6.17 Å². The van der Waals surface area contributed by atoms with Crippen molar-refractivity contribution in [2.75, 3.05) is 18.6 Å². The molecule has 1 aromatic heterocycles. The Morgan fingerprint density at radius 3 is 3.06 bits per heavy atom. The molecule has 0 saturated heterocycles. The third-order valence-corrected chi connectivity index (χ3v) is 6.43. The zero-order valence-corrected chi connectivity index (χ0v) is 20.3. The summed E-state index contributed by atoms with van der Waals surface area (Å²) in [5.41, 5.74) is 5.53. The first-order valence-corrected chi connectivity index (χ1v) is 11.8. The van der Waals surface area contributed by atoms with Gasteiger partial charge in [-0.15, -0.1) is 12.6 Å². The Bertz CT molecular complexity index is 1160.